The standard InChI is InChI=1S/C14H17BrO3/c1-17-13-7-11(3-2-6-16)12(15)8-14(13)18-9-10-4-5-10/h6-8,10H,2-5,9H2,1H3. The molecule has 0 heterocycles. The quantitative estimate of drug-likeness (QED) is 0.724. The Kier molecular flexibility index (Phi) is 4.64. The van der Waals surface area contributed by atoms with Crippen molar-refractivity contribution >= 4 is 22.2 Å². The van der Waals surface area contributed by atoms with Crippen LogP contribution < -0.4 is 9.47 Å². The van der Waals surface area contributed by atoms with E-state index in [2.05, 4.69) is 15.9 Å². The van der Waals surface area contributed by atoms with Crippen molar-refractivity contribution in [2.45, 2.75) is 25.7 Å². The molecule has 0 bridgehead atoms. The lowest BCUT2D eigenvalue weighted by Crippen LogP contribution is -2.02. The molecule has 0 unspecified atom stereocenters. The van der Waals surface area contributed by atoms with Crippen LogP contribution >= 0.6 is 15.9 Å². The fraction of sp³-hybridized carbons (Fsp3) is 0.500. The van der Waals surface area contributed by atoms with Gasteiger partial charge in [0.1, 0.15) is 6.29 Å². The highest BCUT2D eigenvalue weighted by Gasteiger charge is 2.22. The Morgan fingerprint density at radius 3 is 2.78 bits per heavy atom. The first-order valence-corrected chi connectivity index (χ1v) is 6.96. The van der Waals surface area contributed by atoms with Crippen LogP contribution in [0.2, 0.25) is 0 Å². The monoisotopic (exact) mass is 312 g/mol. The van der Waals surface area contributed by atoms with Gasteiger partial charge in [-0.2, -0.15) is 0 Å². The summed E-state index contributed by atoms with van der Waals surface area (Å²) in [6.07, 6.45) is 4.69. The first kappa shape index (κ1) is 13.4. The number of carbonyl (C=O) groups excluding carboxylic acids is 1. The van der Waals surface area contributed by atoms with Crippen molar-refractivity contribution in [1.82, 2.24) is 0 Å². The van der Waals surface area contributed by atoms with Gasteiger partial charge < -0.3 is 14.3 Å². The molecule has 1 fully saturated rings. The predicted octanol–water partition coefficient (Wildman–Crippen LogP) is 3.38. The van der Waals surface area contributed by atoms with Crippen molar-refractivity contribution in [3.63, 3.8) is 0 Å². The Hall–Kier alpha value is -1.03. The molecule has 0 aliphatic heterocycles. The maximum Gasteiger partial charge on any atom is 0.162 e. The predicted molar refractivity (Wildman–Crippen MR) is 73.3 cm³/mol. The number of hydrogen-bond acceptors (Lipinski definition) is 3. The third-order valence-corrected chi connectivity index (χ3v) is 3.77. The Bertz CT molecular complexity index is 427. The lowest BCUT2D eigenvalue weighted by molar-refractivity contribution is -0.107. The van der Waals surface area contributed by atoms with Crippen LogP contribution in [0.1, 0.15) is 24.8 Å². The molecular formula is C14H17BrO3. The summed E-state index contributed by atoms with van der Waals surface area (Å²) in [7, 11) is 1.64. The number of hydrogen-bond donors (Lipinski definition) is 0. The molecule has 0 spiro atoms. The molecule has 18 heavy (non-hydrogen) atoms. The molecule has 1 saturated carbocycles. The van der Waals surface area contributed by atoms with E-state index in [1.165, 1.54) is 12.8 Å². The zero-order chi connectivity index (χ0) is 13.0. The van der Waals surface area contributed by atoms with E-state index in [1.54, 1.807) is 7.11 Å². The van der Waals surface area contributed by atoms with Gasteiger partial charge in [-0.05, 0) is 42.9 Å². The van der Waals surface area contributed by atoms with E-state index >= 15 is 0 Å². The number of aldehydes is 1. The second kappa shape index (κ2) is 6.23. The highest BCUT2D eigenvalue weighted by molar-refractivity contribution is 9.10. The van der Waals surface area contributed by atoms with E-state index in [0.717, 1.165) is 34.4 Å². The molecule has 0 radical (unpaired) electrons. The fourth-order valence-electron chi connectivity index (χ4n) is 1.75. The van der Waals surface area contributed by atoms with E-state index in [-0.39, 0.29) is 0 Å². The minimum absolute atomic E-state index is 0.518. The van der Waals surface area contributed by atoms with Gasteiger partial charge in [0, 0.05) is 10.9 Å². The largest absolute Gasteiger partial charge is 0.493 e. The van der Waals surface area contributed by atoms with Gasteiger partial charge >= 0.3 is 0 Å². The number of ether oxygens (including phenoxy) is 2. The molecule has 3 nitrogen and oxygen atoms in total. The maximum atomic E-state index is 10.4. The fourth-order valence-corrected chi connectivity index (χ4v) is 2.27. The summed E-state index contributed by atoms with van der Waals surface area (Å²) >= 11 is 3.51. The Balaban J connectivity index is 2.12. The van der Waals surface area contributed by atoms with Crippen LogP contribution in [0, 0.1) is 5.92 Å². The van der Waals surface area contributed by atoms with E-state index in [1.807, 2.05) is 12.1 Å². The molecule has 1 aliphatic rings. The summed E-state index contributed by atoms with van der Waals surface area (Å²) in [4.78, 5) is 10.4. The lowest BCUT2D eigenvalue weighted by atomic mass is 10.1. The number of methoxy groups -OCH3 is 1. The van der Waals surface area contributed by atoms with Gasteiger partial charge in [-0.3, -0.25) is 0 Å². The first-order chi connectivity index (χ1) is 8.74. The van der Waals surface area contributed by atoms with Crippen molar-refractivity contribution in [3.8, 4) is 11.5 Å². The Morgan fingerprint density at radius 2 is 2.17 bits per heavy atom. The number of halogens is 1. The third kappa shape index (κ3) is 3.48. The molecule has 0 aromatic heterocycles. The average molecular weight is 313 g/mol. The zero-order valence-electron chi connectivity index (χ0n) is 10.4. The second-order valence-electron chi connectivity index (χ2n) is 4.55. The average Bonchev–Trinajstić information content (AvgIpc) is 3.19. The summed E-state index contributed by atoms with van der Waals surface area (Å²) in [6.45, 7) is 0.760. The van der Waals surface area contributed by atoms with Crippen LogP contribution in [-0.4, -0.2) is 20.0 Å². The van der Waals surface area contributed by atoms with Crippen LogP contribution in [0.25, 0.3) is 0 Å². The summed E-state index contributed by atoms with van der Waals surface area (Å²) in [6, 6.07) is 3.87. The molecule has 0 atom stereocenters. The molecule has 1 aromatic rings. The number of benzene rings is 1. The minimum atomic E-state index is 0.518. The summed E-state index contributed by atoms with van der Waals surface area (Å²) in [5, 5.41) is 0. The van der Waals surface area contributed by atoms with Crippen molar-refractivity contribution in [1.29, 1.82) is 0 Å². The van der Waals surface area contributed by atoms with Crippen LogP contribution in [0.15, 0.2) is 16.6 Å². The molecule has 0 N–H and O–H groups in total. The summed E-state index contributed by atoms with van der Waals surface area (Å²) in [5.74, 6) is 2.22. The van der Waals surface area contributed by atoms with Gasteiger partial charge in [-0.25, -0.2) is 0 Å². The van der Waals surface area contributed by atoms with Crippen LogP contribution in [0.3, 0.4) is 0 Å². The maximum absolute atomic E-state index is 10.4. The summed E-state index contributed by atoms with van der Waals surface area (Å²) < 4.78 is 12.1. The van der Waals surface area contributed by atoms with Crippen molar-refractivity contribution < 1.29 is 14.3 Å². The third-order valence-electron chi connectivity index (χ3n) is 3.04. The van der Waals surface area contributed by atoms with Crippen LogP contribution in [-0.2, 0) is 11.2 Å². The number of carbonyl (C=O) groups is 1. The van der Waals surface area contributed by atoms with Gasteiger partial charge in [0.2, 0.25) is 0 Å². The first-order valence-electron chi connectivity index (χ1n) is 6.17. The molecular weight excluding hydrogens is 296 g/mol. The molecule has 4 heteroatoms. The van der Waals surface area contributed by atoms with Crippen molar-refractivity contribution in [2.24, 2.45) is 5.92 Å². The van der Waals surface area contributed by atoms with Gasteiger partial charge in [-0.1, -0.05) is 15.9 Å². The molecule has 1 aliphatic carbocycles. The van der Waals surface area contributed by atoms with Crippen molar-refractivity contribution in [2.75, 3.05) is 13.7 Å². The zero-order valence-corrected chi connectivity index (χ0v) is 12.0. The van der Waals surface area contributed by atoms with Crippen LogP contribution in [0.5, 0.6) is 11.5 Å². The smallest absolute Gasteiger partial charge is 0.162 e. The van der Waals surface area contributed by atoms with Gasteiger partial charge in [-0.15, -0.1) is 0 Å². The highest BCUT2D eigenvalue weighted by Crippen LogP contribution is 2.36. The van der Waals surface area contributed by atoms with Gasteiger partial charge in [0.25, 0.3) is 0 Å². The highest BCUT2D eigenvalue weighted by atomic mass is 79.9. The molecule has 98 valence electrons. The number of aryl methyl sites for hydroxylation is 1. The topological polar surface area (TPSA) is 35.5 Å². The summed E-state index contributed by atoms with van der Waals surface area (Å²) in [5.41, 5.74) is 1.07. The van der Waals surface area contributed by atoms with E-state index in [0.29, 0.717) is 18.8 Å². The Morgan fingerprint density at radius 1 is 1.39 bits per heavy atom. The lowest BCUT2D eigenvalue weighted by Gasteiger charge is -2.13. The van der Waals surface area contributed by atoms with Crippen molar-refractivity contribution in [3.05, 3.63) is 22.2 Å². The second-order valence-corrected chi connectivity index (χ2v) is 5.41. The number of rotatable bonds is 7. The molecule has 1 aromatic carbocycles. The van der Waals surface area contributed by atoms with E-state index in [4.69, 9.17) is 9.47 Å². The molecule has 2 rings (SSSR count). The normalized spacial score (nSPS) is 14.3. The minimum Gasteiger partial charge on any atom is -0.493 e. The molecule has 0 amide bonds. The van der Waals surface area contributed by atoms with Crippen LogP contribution in [0.4, 0.5) is 0 Å². The van der Waals surface area contributed by atoms with E-state index < -0.39 is 0 Å². The van der Waals surface area contributed by atoms with E-state index in [9.17, 15) is 4.79 Å². The van der Waals surface area contributed by atoms with Gasteiger partial charge in [0.15, 0.2) is 11.5 Å². The van der Waals surface area contributed by atoms with Gasteiger partial charge in [0.05, 0.1) is 13.7 Å². The Labute approximate surface area is 116 Å². The SMILES string of the molecule is COc1cc(CCC=O)c(Br)cc1OCC1CC1. The molecule has 0 saturated heterocycles.